The zero-order valence-corrected chi connectivity index (χ0v) is 15.2. The fourth-order valence-corrected chi connectivity index (χ4v) is 3.25. The number of nitrogens with one attached hydrogen (secondary N) is 1. The molecule has 0 bridgehead atoms. The molecule has 1 aliphatic heterocycles. The van der Waals surface area contributed by atoms with Crippen LogP contribution in [0.3, 0.4) is 0 Å². The maximum absolute atomic E-state index is 12.2. The number of benzene rings is 2. The minimum Gasteiger partial charge on any atom is -0.369 e. The highest BCUT2D eigenvalue weighted by Crippen LogP contribution is 2.21. The molecule has 0 atom stereocenters. The van der Waals surface area contributed by atoms with Crippen LogP contribution in [0.15, 0.2) is 48.5 Å². The summed E-state index contributed by atoms with van der Waals surface area (Å²) in [5, 5.41) is 12.7. The number of nitriles is 1. The first-order chi connectivity index (χ1) is 12.7. The molecular formula is C20H21ClN4O. The van der Waals surface area contributed by atoms with Gasteiger partial charge in [0.2, 0.25) is 5.91 Å². The highest BCUT2D eigenvalue weighted by molar-refractivity contribution is 6.30. The predicted octanol–water partition coefficient (Wildman–Crippen LogP) is 3.36. The van der Waals surface area contributed by atoms with Gasteiger partial charge in [0, 0.05) is 49.9 Å². The SMILES string of the molecule is N#Cc1ccccc1NC(=O)CCN1CCN(c2cccc(Cl)c2)CC1. The summed E-state index contributed by atoms with van der Waals surface area (Å²) in [5.41, 5.74) is 2.20. The van der Waals surface area contributed by atoms with Crippen molar-refractivity contribution in [3.05, 3.63) is 59.1 Å². The van der Waals surface area contributed by atoms with E-state index in [-0.39, 0.29) is 5.91 Å². The Morgan fingerprint density at radius 2 is 1.88 bits per heavy atom. The summed E-state index contributed by atoms with van der Waals surface area (Å²) >= 11 is 6.06. The molecule has 1 heterocycles. The topological polar surface area (TPSA) is 59.4 Å². The number of rotatable bonds is 5. The molecule has 0 aliphatic carbocycles. The molecule has 1 saturated heterocycles. The second kappa shape index (κ2) is 8.70. The standard InChI is InChI=1S/C20H21ClN4O/c21-17-5-3-6-18(14-17)25-12-10-24(11-13-25)9-8-20(26)23-19-7-2-1-4-16(19)15-22/h1-7,14H,8-13H2,(H,23,26). The molecule has 0 unspecified atom stereocenters. The largest absolute Gasteiger partial charge is 0.369 e. The van der Waals surface area contributed by atoms with Crippen molar-refractivity contribution >= 4 is 28.9 Å². The molecule has 0 radical (unpaired) electrons. The van der Waals surface area contributed by atoms with E-state index in [1.165, 1.54) is 0 Å². The van der Waals surface area contributed by atoms with Crippen molar-refractivity contribution in [3.8, 4) is 6.07 Å². The molecule has 0 saturated carbocycles. The van der Waals surface area contributed by atoms with Crippen LogP contribution < -0.4 is 10.2 Å². The zero-order valence-electron chi connectivity index (χ0n) is 14.5. The third kappa shape index (κ3) is 4.75. The van der Waals surface area contributed by atoms with Crippen molar-refractivity contribution in [1.29, 1.82) is 5.26 Å². The van der Waals surface area contributed by atoms with Gasteiger partial charge in [0.1, 0.15) is 6.07 Å². The molecule has 6 heteroatoms. The fourth-order valence-electron chi connectivity index (χ4n) is 3.06. The number of para-hydroxylation sites is 1. The lowest BCUT2D eigenvalue weighted by Crippen LogP contribution is -2.47. The Balaban J connectivity index is 1.45. The predicted molar refractivity (Wildman–Crippen MR) is 105 cm³/mol. The molecule has 0 spiro atoms. The number of carbonyl (C=O) groups excluding carboxylic acids is 1. The van der Waals surface area contributed by atoms with Gasteiger partial charge in [0.05, 0.1) is 11.3 Å². The van der Waals surface area contributed by atoms with E-state index in [1.807, 2.05) is 24.3 Å². The third-order valence-corrected chi connectivity index (χ3v) is 4.76. The van der Waals surface area contributed by atoms with Crippen LogP contribution in [0.1, 0.15) is 12.0 Å². The molecule has 1 fully saturated rings. The van der Waals surface area contributed by atoms with Crippen LogP contribution in [0.5, 0.6) is 0 Å². The lowest BCUT2D eigenvalue weighted by molar-refractivity contribution is -0.116. The Morgan fingerprint density at radius 1 is 1.12 bits per heavy atom. The number of amides is 1. The van der Waals surface area contributed by atoms with E-state index in [0.717, 1.165) is 36.9 Å². The van der Waals surface area contributed by atoms with Crippen LogP contribution >= 0.6 is 11.6 Å². The van der Waals surface area contributed by atoms with E-state index in [0.29, 0.717) is 24.2 Å². The van der Waals surface area contributed by atoms with Crippen LogP contribution in [0.2, 0.25) is 5.02 Å². The van der Waals surface area contributed by atoms with E-state index in [2.05, 4.69) is 27.3 Å². The second-order valence-electron chi connectivity index (χ2n) is 6.26. The Bertz CT molecular complexity index is 809. The minimum atomic E-state index is -0.0648. The average molecular weight is 369 g/mol. The summed E-state index contributed by atoms with van der Waals surface area (Å²) < 4.78 is 0. The van der Waals surface area contributed by atoms with E-state index in [9.17, 15) is 4.79 Å². The fraction of sp³-hybridized carbons (Fsp3) is 0.300. The van der Waals surface area contributed by atoms with E-state index < -0.39 is 0 Å². The number of carbonyl (C=O) groups is 1. The van der Waals surface area contributed by atoms with Crippen LogP contribution in [0.25, 0.3) is 0 Å². The molecule has 2 aromatic carbocycles. The summed E-state index contributed by atoms with van der Waals surface area (Å²) in [4.78, 5) is 16.8. The van der Waals surface area contributed by atoms with Crippen molar-refractivity contribution in [2.45, 2.75) is 6.42 Å². The van der Waals surface area contributed by atoms with Crippen molar-refractivity contribution in [1.82, 2.24) is 4.90 Å². The maximum atomic E-state index is 12.2. The number of hydrogen-bond donors (Lipinski definition) is 1. The molecule has 3 rings (SSSR count). The number of nitrogens with zero attached hydrogens (tertiary/aromatic N) is 3. The first-order valence-electron chi connectivity index (χ1n) is 8.67. The molecule has 26 heavy (non-hydrogen) atoms. The van der Waals surface area contributed by atoms with Crippen molar-refractivity contribution < 1.29 is 4.79 Å². The number of halogens is 1. The van der Waals surface area contributed by atoms with Gasteiger partial charge >= 0.3 is 0 Å². The molecule has 1 aliphatic rings. The van der Waals surface area contributed by atoms with E-state index >= 15 is 0 Å². The van der Waals surface area contributed by atoms with Gasteiger partial charge in [0.25, 0.3) is 0 Å². The first kappa shape index (κ1) is 18.2. The molecule has 2 aromatic rings. The second-order valence-corrected chi connectivity index (χ2v) is 6.70. The monoisotopic (exact) mass is 368 g/mol. The lowest BCUT2D eigenvalue weighted by atomic mass is 10.2. The highest BCUT2D eigenvalue weighted by Gasteiger charge is 2.18. The summed E-state index contributed by atoms with van der Waals surface area (Å²) in [6, 6.07) is 17.0. The van der Waals surface area contributed by atoms with Gasteiger partial charge in [0.15, 0.2) is 0 Å². The van der Waals surface area contributed by atoms with Gasteiger partial charge in [-0.25, -0.2) is 0 Å². The van der Waals surface area contributed by atoms with Crippen LogP contribution in [0.4, 0.5) is 11.4 Å². The molecule has 0 aromatic heterocycles. The summed E-state index contributed by atoms with van der Waals surface area (Å²) in [7, 11) is 0. The smallest absolute Gasteiger partial charge is 0.225 e. The molecule has 134 valence electrons. The Kier molecular flexibility index (Phi) is 6.11. The van der Waals surface area contributed by atoms with Gasteiger partial charge in [-0.2, -0.15) is 5.26 Å². The van der Waals surface area contributed by atoms with Gasteiger partial charge in [-0.3, -0.25) is 9.69 Å². The van der Waals surface area contributed by atoms with E-state index in [1.54, 1.807) is 18.2 Å². The van der Waals surface area contributed by atoms with Crippen LogP contribution in [-0.4, -0.2) is 43.5 Å². The van der Waals surface area contributed by atoms with E-state index in [4.69, 9.17) is 16.9 Å². The molecule has 5 nitrogen and oxygen atoms in total. The Morgan fingerprint density at radius 3 is 2.62 bits per heavy atom. The first-order valence-corrected chi connectivity index (χ1v) is 9.05. The Hall–Kier alpha value is -2.55. The highest BCUT2D eigenvalue weighted by atomic mass is 35.5. The number of piperazine rings is 1. The van der Waals surface area contributed by atoms with Crippen LogP contribution in [0, 0.1) is 11.3 Å². The Labute approximate surface area is 158 Å². The van der Waals surface area contributed by atoms with Gasteiger partial charge in [-0.05, 0) is 30.3 Å². The third-order valence-electron chi connectivity index (χ3n) is 4.52. The maximum Gasteiger partial charge on any atom is 0.225 e. The van der Waals surface area contributed by atoms with Gasteiger partial charge in [-0.15, -0.1) is 0 Å². The van der Waals surface area contributed by atoms with Crippen molar-refractivity contribution in [2.75, 3.05) is 42.9 Å². The summed E-state index contributed by atoms with van der Waals surface area (Å²) in [6.07, 6.45) is 0.414. The van der Waals surface area contributed by atoms with Crippen molar-refractivity contribution in [3.63, 3.8) is 0 Å². The number of anilines is 2. The van der Waals surface area contributed by atoms with Crippen LogP contribution in [-0.2, 0) is 4.79 Å². The lowest BCUT2D eigenvalue weighted by Gasteiger charge is -2.36. The van der Waals surface area contributed by atoms with Gasteiger partial charge in [-0.1, -0.05) is 29.8 Å². The minimum absolute atomic E-state index is 0.0648. The summed E-state index contributed by atoms with van der Waals surface area (Å²) in [5.74, 6) is -0.0648. The molecule has 1 amide bonds. The number of hydrogen-bond acceptors (Lipinski definition) is 4. The van der Waals surface area contributed by atoms with Crippen molar-refractivity contribution in [2.24, 2.45) is 0 Å². The average Bonchev–Trinajstić information content (AvgIpc) is 2.67. The molecule has 1 N–H and O–H groups in total. The zero-order chi connectivity index (χ0) is 18.4. The van der Waals surface area contributed by atoms with Gasteiger partial charge < -0.3 is 10.2 Å². The summed E-state index contributed by atoms with van der Waals surface area (Å²) in [6.45, 7) is 4.37. The normalized spacial score (nSPS) is 14.7. The molecular weight excluding hydrogens is 348 g/mol. The quantitative estimate of drug-likeness (QED) is 0.879.